The summed E-state index contributed by atoms with van der Waals surface area (Å²) in [5.41, 5.74) is 11.6. The number of aromatic amines is 2. The van der Waals surface area contributed by atoms with Crippen LogP contribution in [-0.4, -0.2) is 197 Å². The molecular weight excluding hydrogens is 1810 g/mol. The third-order valence-corrected chi connectivity index (χ3v) is 34.5. The summed E-state index contributed by atoms with van der Waals surface area (Å²) in [5.74, 6) is 6.01. The molecule has 5 fully saturated rings. The molecule has 0 bridgehead atoms. The van der Waals surface area contributed by atoms with Crippen LogP contribution >= 0.6 is 23.2 Å². The molecule has 133 heavy (non-hydrogen) atoms. The number of benzene rings is 6. The Bertz CT molecular complexity index is 6710. The zero-order chi connectivity index (χ0) is 93.7. The lowest BCUT2D eigenvalue weighted by Gasteiger charge is -2.39. The maximum atomic E-state index is 14.0. The van der Waals surface area contributed by atoms with Crippen LogP contribution in [0.4, 0.5) is 22.7 Å². The Morgan fingerprint density at radius 3 is 1.50 bits per heavy atom. The molecule has 7 aliphatic rings. The van der Waals surface area contributed by atoms with Gasteiger partial charge in [-0.2, -0.15) is 6.57 Å². The molecule has 1 atom stereocenters. The molecule has 8 heterocycles. The van der Waals surface area contributed by atoms with E-state index in [4.69, 9.17) is 39.2 Å². The molecule has 700 valence electrons. The van der Waals surface area contributed by atoms with E-state index in [-0.39, 0.29) is 62.7 Å². The highest BCUT2D eigenvalue weighted by molar-refractivity contribution is 8.02. The van der Waals surface area contributed by atoms with Gasteiger partial charge in [0.25, 0.3) is 43.2 Å². The minimum absolute atomic E-state index is 0.00500. The molecule has 4 aliphatic heterocycles. The second-order valence-corrected chi connectivity index (χ2v) is 47.6. The number of rotatable bonds is 28. The standard InChI is InChI=1S/C49H56ClN9O6S2.C49H56ClN7O7S2/c1-34(32-57-22-24-66(5,25-23-57)55-51-4)26-36-8-12-42(29-45(36)59(61)62)67(63,64)54-48(60)43-13-11-40(28-46(43)65-41-27-37-15-17-52-47(37)53-31-41)58-20-18-56(19-21-58)33-38-14-16-49(2,3)30-44(38)35-6-9-39(50)10-7-35;1-49(2)19-15-37(44(30-49)34-5-8-38(50)9-6-34)32-55-21-23-56(24-22-55)40-12-14-43(46(28-40)64-41-27-36-16-20-51-47(36)52-31-41)48(58)54-66(62,63)42-13-7-35(45(29-42)57(59)60)4-3-33-17-25-65(61,26-18-33)53-39-10-11-39/h6-13,15,17,27-29,31,34H,5,14,16,18-26,30,32-33H2,1-3H3,(H,52,53)(H,54,60);5-9,12-14,16,20,27-29,31,33,39H,3-4,10-11,15,17-19,21-26,30,32H2,1-2H3,(H,51,52)(H,54,58)/t34-;/m1./s1. The van der Waals surface area contributed by atoms with Gasteiger partial charge in [-0.1, -0.05) is 121 Å². The van der Waals surface area contributed by atoms with Gasteiger partial charge in [-0.15, -0.1) is 4.95 Å². The molecule has 0 radical (unpaired) electrons. The van der Waals surface area contributed by atoms with Crippen molar-refractivity contribution in [1.82, 2.24) is 44.1 Å². The number of allylic oxidation sites excluding steroid dienone is 2. The molecule has 0 unspecified atom stereocenters. The van der Waals surface area contributed by atoms with Crippen LogP contribution < -0.4 is 28.7 Å². The Morgan fingerprint density at radius 2 is 1.05 bits per heavy atom. The van der Waals surface area contributed by atoms with Crippen molar-refractivity contribution in [1.29, 1.82) is 0 Å². The number of fused-ring (bicyclic) bond motifs is 2. The smallest absolute Gasteiger partial charge is 0.273 e. The van der Waals surface area contributed by atoms with Crippen molar-refractivity contribution in [2.24, 2.45) is 31.5 Å². The van der Waals surface area contributed by atoms with Crippen LogP contribution in [0.15, 0.2) is 200 Å². The van der Waals surface area contributed by atoms with Gasteiger partial charge < -0.3 is 34.1 Å². The highest BCUT2D eigenvalue weighted by Crippen LogP contribution is 2.47. The summed E-state index contributed by atoms with van der Waals surface area (Å²) in [6, 6.07) is 41.5. The van der Waals surface area contributed by atoms with Gasteiger partial charge in [0.2, 0.25) is 0 Å². The van der Waals surface area contributed by atoms with E-state index in [9.17, 15) is 50.9 Å². The fourth-order valence-corrected chi connectivity index (χ4v) is 25.3. The van der Waals surface area contributed by atoms with Gasteiger partial charge in [0.15, 0.2) is 0 Å². The molecule has 4 aromatic heterocycles. The number of pyridine rings is 2. The predicted molar refractivity (Wildman–Crippen MR) is 527 cm³/mol. The SMILES string of the molecule is CC1(C)CCC(CN2CCN(c3ccc(C(=O)NS(=O)(=O)c4ccc(CCC5CCS(=O)(=NC6CC6)CC5)c([N+](=O)[O-])c4)c(Oc4cnc5[nH]ccc5c4)c3)CC2)=C(c2ccc(Cl)cc2)C1.[C-]#[N+]N=S1(=C)CCN(C[C@H](C)Cc2ccc(S(=O)(=O)NC(=O)c3ccc(N4CCN(CC5=C(c6ccc(Cl)cc6)CC(C)(C)CC5)CC4)cc3Oc3cnc4[nH]ccc4c3)cc2[N+](=O)[O-])CC1. The van der Waals surface area contributed by atoms with Gasteiger partial charge in [0.05, 0.1) is 49.2 Å². The molecule has 6 aromatic carbocycles. The largest absolute Gasteiger partial charge is 0.455 e. The Balaban J connectivity index is 0.000000194. The van der Waals surface area contributed by atoms with E-state index in [2.05, 4.69) is 125 Å². The Hall–Kier alpha value is -11.1. The molecule has 10 aromatic rings. The maximum Gasteiger partial charge on any atom is 0.273 e. The third kappa shape index (κ3) is 23.8. The summed E-state index contributed by atoms with van der Waals surface area (Å²) in [4.78, 5) is 80.5. The fourth-order valence-electron chi connectivity index (χ4n) is 18.8. The highest BCUT2D eigenvalue weighted by Gasteiger charge is 2.36. The van der Waals surface area contributed by atoms with Crippen LogP contribution in [0.25, 0.3) is 38.2 Å². The second kappa shape index (κ2) is 40.2. The number of halogens is 2. The molecule has 0 spiro atoms. The number of nitrogens with one attached hydrogen (secondary N) is 4. The van der Waals surface area contributed by atoms with Crippen molar-refractivity contribution in [3.8, 4) is 23.0 Å². The number of sulfonamides is 2. The lowest BCUT2D eigenvalue weighted by atomic mass is 9.72. The van der Waals surface area contributed by atoms with Gasteiger partial charge in [0.1, 0.15) is 38.8 Å². The molecule has 2 amide bonds. The maximum absolute atomic E-state index is 14.0. The van der Waals surface area contributed by atoms with Crippen molar-refractivity contribution in [3.05, 3.63) is 257 Å². The number of nitro benzene ring substituents is 2. The van der Waals surface area contributed by atoms with Gasteiger partial charge in [-0.05, 0) is 213 Å². The number of hydrogen-bond acceptors (Lipinski definition) is 22. The number of nitro groups is 2. The molecule has 35 heteroatoms. The van der Waals surface area contributed by atoms with E-state index < -0.39 is 70.6 Å². The highest BCUT2D eigenvalue weighted by atomic mass is 35.5. The predicted octanol–water partition coefficient (Wildman–Crippen LogP) is 18.7. The van der Waals surface area contributed by atoms with Crippen LogP contribution in [-0.2, 0) is 52.0 Å². The van der Waals surface area contributed by atoms with E-state index in [1.54, 1.807) is 60.9 Å². The lowest BCUT2D eigenvalue weighted by Crippen LogP contribution is -2.47. The molecule has 4 saturated heterocycles. The van der Waals surface area contributed by atoms with Gasteiger partial charge in [-0.25, -0.2) is 44.8 Å². The lowest BCUT2D eigenvalue weighted by molar-refractivity contribution is -0.385. The zero-order valence-electron chi connectivity index (χ0n) is 75.4. The average molecular weight is 1920 g/mol. The number of carbonyl (C=O) groups excluding carboxylic acids is 2. The first-order chi connectivity index (χ1) is 63.5. The van der Waals surface area contributed by atoms with Gasteiger partial charge in [0, 0.05) is 198 Å². The first-order valence-corrected chi connectivity index (χ1v) is 52.9. The number of aryl methyl sites for hydroxylation is 1. The number of H-pyrrole nitrogens is 2. The van der Waals surface area contributed by atoms with E-state index in [0.717, 1.165) is 199 Å². The molecule has 1 saturated carbocycles. The van der Waals surface area contributed by atoms with Crippen molar-refractivity contribution < 1.29 is 50.0 Å². The number of carbonyl (C=O) groups is 2. The molecule has 3 aliphatic carbocycles. The number of piperazine rings is 2. The van der Waals surface area contributed by atoms with Crippen molar-refractivity contribution in [3.63, 3.8) is 0 Å². The Labute approximate surface area is 787 Å². The Kier molecular flexibility index (Phi) is 28.8. The van der Waals surface area contributed by atoms with E-state index in [1.165, 1.54) is 70.1 Å². The van der Waals surface area contributed by atoms with Gasteiger partial charge in [-0.3, -0.25) is 39.6 Å². The molecular formula is C98H112Cl2N16O13S4. The van der Waals surface area contributed by atoms with Crippen LogP contribution in [0.5, 0.6) is 23.0 Å². The molecule has 29 nitrogen and oxygen atoms in total. The molecule has 17 rings (SSSR count). The minimum atomic E-state index is -4.58. The second-order valence-electron chi connectivity index (χ2n) is 37.8. The van der Waals surface area contributed by atoms with Crippen LogP contribution in [0.3, 0.4) is 0 Å². The summed E-state index contributed by atoms with van der Waals surface area (Å²) in [6.07, 6.45) is 17.8. The number of amides is 2. The summed E-state index contributed by atoms with van der Waals surface area (Å²) >= 11 is 12.5. The Morgan fingerprint density at radius 1 is 0.602 bits per heavy atom. The van der Waals surface area contributed by atoms with Crippen molar-refractivity contribution in [2.45, 2.75) is 134 Å². The summed E-state index contributed by atoms with van der Waals surface area (Å²) in [5, 5.41) is 27.6. The number of hydrogen-bond donors (Lipinski definition) is 4. The first-order valence-electron chi connectivity index (χ1n) is 45.3. The normalized spacial score (nSPS) is 19.8. The van der Waals surface area contributed by atoms with Crippen molar-refractivity contribution in [2.75, 3.05) is 118 Å². The topological polar surface area (TPSA) is 351 Å². The zero-order valence-corrected chi connectivity index (χ0v) is 80.2. The minimum Gasteiger partial charge on any atom is -0.455 e. The molecule has 4 N–H and O–H groups in total. The van der Waals surface area contributed by atoms with E-state index >= 15 is 0 Å². The first kappa shape index (κ1) is 95.1. The quantitative estimate of drug-likeness (QED) is 0.0153. The third-order valence-electron chi connectivity index (χ3n) is 26.6. The number of nitrogens with zero attached hydrogens (tertiary/aromatic N) is 12. The van der Waals surface area contributed by atoms with Crippen molar-refractivity contribution >= 4 is 136 Å². The van der Waals surface area contributed by atoms with E-state index in [0.29, 0.717) is 71.2 Å². The number of ether oxygens (including phenoxy) is 2. The fraction of sp³-hybridized carbons (Fsp3) is 0.408. The average Bonchev–Trinajstić information content (AvgIpc) is 1.79. The van der Waals surface area contributed by atoms with E-state index in [1.807, 2.05) is 43.3 Å². The van der Waals surface area contributed by atoms with Crippen LogP contribution in [0, 0.1) is 49.5 Å². The van der Waals surface area contributed by atoms with Crippen LogP contribution in [0.1, 0.15) is 148 Å². The van der Waals surface area contributed by atoms with Crippen LogP contribution in [0.2, 0.25) is 10.0 Å². The monoisotopic (exact) mass is 1920 g/mol. The van der Waals surface area contributed by atoms with Gasteiger partial charge >= 0.3 is 0 Å². The summed E-state index contributed by atoms with van der Waals surface area (Å²) in [6.45, 7) is 28.4. The number of aromatic nitrogens is 4. The summed E-state index contributed by atoms with van der Waals surface area (Å²) < 4.78 is 94.0. The summed E-state index contributed by atoms with van der Waals surface area (Å²) in [7, 11) is -12.9. The number of anilines is 2.